The van der Waals surface area contributed by atoms with Gasteiger partial charge in [0.1, 0.15) is 11.4 Å². The van der Waals surface area contributed by atoms with E-state index in [2.05, 4.69) is 87.5 Å². The van der Waals surface area contributed by atoms with Crippen LogP contribution in [0.15, 0.2) is 78.9 Å². The van der Waals surface area contributed by atoms with E-state index in [0.717, 1.165) is 5.75 Å². The first-order valence-corrected chi connectivity index (χ1v) is 7.97. The Morgan fingerprint density at radius 1 is 0.609 bits per heavy atom. The van der Waals surface area contributed by atoms with Crippen molar-refractivity contribution in [3.8, 4) is 28.0 Å². The van der Waals surface area contributed by atoms with Gasteiger partial charge in [-0.1, -0.05) is 66.7 Å². The van der Waals surface area contributed by atoms with Gasteiger partial charge < -0.3 is 4.74 Å². The molecular weight excluding hydrogens is 280 g/mol. The van der Waals surface area contributed by atoms with Gasteiger partial charge in [-0.05, 0) is 55.2 Å². The number of benzene rings is 3. The molecule has 0 fully saturated rings. The second kappa shape index (κ2) is 6.29. The Morgan fingerprint density at radius 2 is 1.17 bits per heavy atom. The van der Waals surface area contributed by atoms with Gasteiger partial charge in [-0.2, -0.15) is 0 Å². The highest BCUT2D eigenvalue weighted by molar-refractivity contribution is 5.83. The molecule has 0 atom stereocenters. The molecular formula is C22H22O. The number of hydrogen-bond donors (Lipinski definition) is 0. The number of ether oxygens (including phenoxy) is 1. The maximum atomic E-state index is 6.01. The Hall–Kier alpha value is -2.54. The first kappa shape index (κ1) is 15.4. The topological polar surface area (TPSA) is 9.23 Å². The highest BCUT2D eigenvalue weighted by Crippen LogP contribution is 2.33. The summed E-state index contributed by atoms with van der Waals surface area (Å²) in [6.45, 7) is 6.20. The van der Waals surface area contributed by atoms with Gasteiger partial charge in [0, 0.05) is 0 Å². The summed E-state index contributed by atoms with van der Waals surface area (Å²) in [6, 6.07) is 27.3. The van der Waals surface area contributed by atoms with E-state index < -0.39 is 0 Å². The molecule has 0 aromatic heterocycles. The highest BCUT2D eigenvalue weighted by atomic mass is 16.5. The zero-order chi connectivity index (χ0) is 16.3. The molecule has 0 radical (unpaired) electrons. The minimum atomic E-state index is -0.197. The molecule has 3 aromatic rings. The largest absolute Gasteiger partial charge is 0.488 e. The van der Waals surface area contributed by atoms with Crippen molar-refractivity contribution >= 4 is 0 Å². The fourth-order valence-corrected chi connectivity index (χ4v) is 2.68. The summed E-state index contributed by atoms with van der Waals surface area (Å²) in [5.74, 6) is 0.901. The van der Waals surface area contributed by atoms with Crippen LogP contribution in [0.5, 0.6) is 5.75 Å². The van der Waals surface area contributed by atoms with Crippen LogP contribution in [-0.4, -0.2) is 5.60 Å². The van der Waals surface area contributed by atoms with Crippen molar-refractivity contribution in [3.05, 3.63) is 78.9 Å². The summed E-state index contributed by atoms with van der Waals surface area (Å²) in [5.41, 5.74) is 4.66. The van der Waals surface area contributed by atoms with Crippen molar-refractivity contribution in [1.82, 2.24) is 0 Å². The van der Waals surface area contributed by atoms with Crippen molar-refractivity contribution in [3.63, 3.8) is 0 Å². The Labute approximate surface area is 138 Å². The smallest absolute Gasteiger partial charge is 0.120 e. The van der Waals surface area contributed by atoms with Crippen molar-refractivity contribution < 1.29 is 4.74 Å². The molecule has 3 aromatic carbocycles. The molecule has 0 aliphatic heterocycles. The molecule has 116 valence electrons. The Balaban J connectivity index is 2.05. The molecule has 0 saturated carbocycles. The van der Waals surface area contributed by atoms with Gasteiger partial charge in [0.25, 0.3) is 0 Å². The van der Waals surface area contributed by atoms with E-state index in [1.165, 1.54) is 22.3 Å². The van der Waals surface area contributed by atoms with E-state index in [9.17, 15) is 0 Å². The van der Waals surface area contributed by atoms with Crippen molar-refractivity contribution in [2.45, 2.75) is 26.4 Å². The van der Waals surface area contributed by atoms with Crippen LogP contribution in [0.2, 0.25) is 0 Å². The van der Waals surface area contributed by atoms with Gasteiger partial charge in [0.05, 0.1) is 0 Å². The average molecular weight is 302 g/mol. The number of rotatable bonds is 3. The van der Waals surface area contributed by atoms with E-state index in [4.69, 9.17) is 4.74 Å². The monoisotopic (exact) mass is 302 g/mol. The molecule has 0 unspecified atom stereocenters. The van der Waals surface area contributed by atoms with Crippen molar-refractivity contribution in [1.29, 1.82) is 0 Å². The fourth-order valence-electron chi connectivity index (χ4n) is 2.68. The van der Waals surface area contributed by atoms with E-state index in [0.29, 0.717) is 0 Å². The average Bonchev–Trinajstić information content (AvgIpc) is 2.54. The van der Waals surface area contributed by atoms with E-state index in [1.807, 2.05) is 12.1 Å². The minimum Gasteiger partial charge on any atom is -0.488 e. The lowest BCUT2D eigenvalue weighted by Crippen LogP contribution is -2.22. The Morgan fingerprint density at radius 3 is 1.83 bits per heavy atom. The normalized spacial score (nSPS) is 11.3. The van der Waals surface area contributed by atoms with Crippen LogP contribution < -0.4 is 4.74 Å². The van der Waals surface area contributed by atoms with Crippen LogP contribution in [0, 0.1) is 0 Å². The van der Waals surface area contributed by atoms with Crippen molar-refractivity contribution in [2.75, 3.05) is 0 Å². The predicted octanol–water partition coefficient (Wildman–Crippen LogP) is 6.20. The maximum absolute atomic E-state index is 6.01. The molecule has 0 N–H and O–H groups in total. The third kappa shape index (κ3) is 3.81. The molecule has 3 rings (SSSR count). The molecule has 0 spiro atoms. The maximum Gasteiger partial charge on any atom is 0.120 e. The van der Waals surface area contributed by atoms with Crippen LogP contribution in [0.1, 0.15) is 20.8 Å². The quantitative estimate of drug-likeness (QED) is 0.560. The lowest BCUT2D eigenvalue weighted by atomic mass is 9.94. The Bertz CT molecular complexity index is 782. The molecule has 1 nitrogen and oxygen atoms in total. The lowest BCUT2D eigenvalue weighted by molar-refractivity contribution is 0.131. The van der Waals surface area contributed by atoms with Gasteiger partial charge in [-0.15, -0.1) is 0 Å². The second-order valence-electron chi connectivity index (χ2n) is 6.65. The predicted molar refractivity (Wildman–Crippen MR) is 97.7 cm³/mol. The summed E-state index contributed by atoms with van der Waals surface area (Å²) in [6.07, 6.45) is 0. The van der Waals surface area contributed by atoms with Gasteiger partial charge >= 0.3 is 0 Å². The van der Waals surface area contributed by atoms with Crippen LogP contribution in [0.4, 0.5) is 0 Å². The standard InChI is InChI=1S/C22H22O/c1-22(2,3)23-19-13-9-12-18(16-19)21-15-8-7-14-20(21)17-10-5-4-6-11-17/h4-16H,1-3H3. The zero-order valence-electron chi connectivity index (χ0n) is 13.9. The lowest BCUT2D eigenvalue weighted by Gasteiger charge is -2.22. The summed E-state index contributed by atoms with van der Waals surface area (Å²) < 4.78 is 6.01. The van der Waals surface area contributed by atoms with Gasteiger partial charge in [-0.25, -0.2) is 0 Å². The third-order valence-corrected chi connectivity index (χ3v) is 3.58. The third-order valence-electron chi connectivity index (χ3n) is 3.58. The van der Waals surface area contributed by atoms with Crippen LogP contribution in [0.3, 0.4) is 0 Å². The SMILES string of the molecule is CC(C)(C)Oc1cccc(-c2ccccc2-c2ccccc2)c1. The molecule has 1 heteroatoms. The van der Waals surface area contributed by atoms with E-state index >= 15 is 0 Å². The summed E-state index contributed by atoms with van der Waals surface area (Å²) in [7, 11) is 0. The second-order valence-corrected chi connectivity index (χ2v) is 6.65. The van der Waals surface area contributed by atoms with E-state index in [-0.39, 0.29) is 5.60 Å². The first-order valence-electron chi connectivity index (χ1n) is 7.97. The van der Waals surface area contributed by atoms with Crippen LogP contribution in [0.25, 0.3) is 22.3 Å². The molecule has 0 amide bonds. The molecule has 0 heterocycles. The fraction of sp³-hybridized carbons (Fsp3) is 0.182. The van der Waals surface area contributed by atoms with E-state index in [1.54, 1.807) is 0 Å². The molecule has 0 aliphatic rings. The van der Waals surface area contributed by atoms with Crippen molar-refractivity contribution in [2.24, 2.45) is 0 Å². The summed E-state index contributed by atoms with van der Waals surface area (Å²) >= 11 is 0. The molecule has 23 heavy (non-hydrogen) atoms. The van der Waals surface area contributed by atoms with Crippen LogP contribution >= 0.6 is 0 Å². The molecule has 0 saturated heterocycles. The van der Waals surface area contributed by atoms with Gasteiger partial charge in [0.2, 0.25) is 0 Å². The summed E-state index contributed by atoms with van der Waals surface area (Å²) in [5, 5.41) is 0. The zero-order valence-corrected chi connectivity index (χ0v) is 13.9. The molecule has 0 aliphatic carbocycles. The summed E-state index contributed by atoms with van der Waals surface area (Å²) in [4.78, 5) is 0. The first-order chi connectivity index (χ1) is 11.0. The van der Waals surface area contributed by atoms with Crippen LogP contribution in [-0.2, 0) is 0 Å². The van der Waals surface area contributed by atoms with Gasteiger partial charge in [-0.3, -0.25) is 0 Å². The minimum absolute atomic E-state index is 0.197. The molecule has 0 bridgehead atoms. The number of hydrogen-bond acceptors (Lipinski definition) is 1. The Kier molecular flexibility index (Phi) is 4.20. The highest BCUT2D eigenvalue weighted by Gasteiger charge is 2.13. The van der Waals surface area contributed by atoms with Gasteiger partial charge in [0.15, 0.2) is 0 Å².